The Hall–Kier alpha value is -0.570. The Labute approximate surface area is 93.0 Å². The van der Waals surface area contributed by atoms with Crippen molar-refractivity contribution in [2.45, 2.75) is 52.0 Å². The van der Waals surface area contributed by atoms with Gasteiger partial charge < -0.3 is 10.6 Å². The molecule has 0 aromatic heterocycles. The van der Waals surface area contributed by atoms with Crippen LogP contribution >= 0.6 is 0 Å². The van der Waals surface area contributed by atoms with E-state index in [4.69, 9.17) is 5.73 Å². The molecule has 0 aromatic rings. The van der Waals surface area contributed by atoms with Gasteiger partial charge in [0, 0.05) is 19.0 Å². The van der Waals surface area contributed by atoms with Crippen molar-refractivity contribution in [3.63, 3.8) is 0 Å². The molecule has 3 nitrogen and oxygen atoms in total. The first-order valence-electron chi connectivity index (χ1n) is 6.22. The summed E-state index contributed by atoms with van der Waals surface area (Å²) in [5.41, 5.74) is 5.63. The van der Waals surface area contributed by atoms with Gasteiger partial charge in [-0.05, 0) is 31.7 Å². The summed E-state index contributed by atoms with van der Waals surface area (Å²) in [5, 5.41) is 0. The first-order chi connectivity index (χ1) is 7.22. The summed E-state index contributed by atoms with van der Waals surface area (Å²) in [7, 11) is 0. The highest BCUT2D eigenvalue weighted by Gasteiger charge is 2.32. The molecule has 3 heteroatoms. The second kappa shape index (κ2) is 6.11. The van der Waals surface area contributed by atoms with Crippen molar-refractivity contribution >= 4 is 5.91 Å². The third-order valence-electron chi connectivity index (χ3n) is 3.15. The quantitative estimate of drug-likeness (QED) is 0.699. The Balaban J connectivity index is 2.40. The molecule has 0 aromatic carbocycles. The predicted molar refractivity (Wildman–Crippen MR) is 62.5 cm³/mol. The predicted octanol–water partition coefficient (Wildman–Crippen LogP) is 1.76. The average molecular weight is 212 g/mol. The van der Waals surface area contributed by atoms with Gasteiger partial charge in [-0.15, -0.1) is 0 Å². The van der Waals surface area contributed by atoms with Crippen LogP contribution in [0.4, 0.5) is 0 Å². The van der Waals surface area contributed by atoms with Gasteiger partial charge in [-0.2, -0.15) is 0 Å². The first kappa shape index (κ1) is 12.5. The highest BCUT2D eigenvalue weighted by molar-refractivity contribution is 5.77. The normalized spacial score (nSPS) is 17.5. The van der Waals surface area contributed by atoms with Gasteiger partial charge in [-0.1, -0.05) is 20.3 Å². The van der Waals surface area contributed by atoms with Crippen LogP contribution in [0.15, 0.2) is 0 Å². The molecule has 1 saturated carbocycles. The Kier molecular flexibility index (Phi) is 5.09. The van der Waals surface area contributed by atoms with E-state index < -0.39 is 0 Å². The molecule has 1 unspecified atom stereocenters. The van der Waals surface area contributed by atoms with Crippen molar-refractivity contribution in [3.05, 3.63) is 0 Å². The van der Waals surface area contributed by atoms with Crippen LogP contribution in [0.1, 0.15) is 46.0 Å². The summed E-state index contributed by atoms with van der Waals surface area (Å²) in [4.78, 5) is 14.1. The molecule has 0 saturated heterocycles. The number of hydrogen-bond donors (Lipinski definition) is 1. The first-order valence-corrected chi connectivity index (χ1v) is 6.22. The monoisotopic (exact) mass is 212 g/mol. The number of carbonyl (C=O) groups is 1. The van der Waals surface area contributed by atoms with Crippen LogP contribution < -0.4 is 5.73 Å². The SMILES string of the molecule is CCCN(C(=O)CC(CC)CN)C1CC1. The van der Waals surface area contributed by atoms with Crippen molar-refractivity contribution in [1.82, 2.24) is 4.90 Å². The van der Waals surface area contributed by atoms with E-state index in [-0.39, 0.29) is 0 Å². The highest BCUT2D eigenvalue weighted by Crippen LogP contribution is 2.28. The lowest BCUT2D eigenvalue weighted by molar-refractivity contribution is -0.132. The maximum Gasteiger partial charge on any atom is 0.223 e. The van der Waals surface area contributed by atoms with Gasteiger partial charge in [-0.25, -0.2) is 0 Å². The molecule has 1 rings (SSSR count). The molecule has 15 heavy (non-hydrogen) atoms. The number of rotatable bonds is 7. The van der Waals surface area contributed by atoms with Crippen LogP contribution in [0.5, 0.6) is 0 Å². The second-order valence-corrected chi connectivity index (χ2v) is 4.53. The summed E-state index contributed by atoms with van der Waals surface area (Å²) >= 11 is 0. The van der Waals surface area contributed by atoms with E-state index in [0.717, 1.165) is 19.4 Å². The Morgan fingerprint density at radius 1 is 1.47 bits per heavy atom. The van der Waals surface area contributed by atoms with Gasteiger partial charge in [-0.3, -0.25) is 4.79 Å². The van der Waals surface area contributed by atoms with E-state index in [1.165, 1.54) is 12.8 Å². The zero-order valence-electron chi connectivity index (χ0n) is 10.0. The van der Waals surface area contributed by atoms with Crippen molar-refractivity contribution < 1.29 is 4.79 Å². The Bertz CT molecular complexity index is 198. The molecule has 2 N–H and O–H groups in total. The smallest absolute Gasteiger partial charge is 0.223 e. The number of amides is 1. The van der Waals surface area contributed by atoms with Crippen molar-refractivity contribution in [2.24, 2.45) is 11.7 Å². The third-order valence-corrected chi connectivity index (χ3v) is 3.15. The van der Waals surface area contributed by atoms with E-state index in [9.17, 15) is 4.79 Å². The molecule has 0 heterocycles. The van der Waals surface area contributed by atoms with Gasteiger partial charge in [0.05, 0.1) is 0 Å². The lowest BCUT2D eigenvalue weighted by Gasteiger charge is -2.23. The summed E-state index contributed by atoms with van der Waals surface area (Å²) in [6, 6.07) is 0.549. The molecule has 0 bridgehead atoms. The molecule has 1 aliphatic rings. The fourth-order valence-electron chi connectivity index (χ4n) is 1.90. The van der Waals surface area contributed by atoms with E-state index in [0.29, 0.717) is 30.8 Å². The number of hydrogen-bond acceptors (Lipinski definition) is 2. The molecule has 0 radical (unpaired) electrons. The van der Waals surface area contributed by atoms with Gasteiger partial charge in [0.25, 0.3) is 0 Å². The minimum absolute atomic E-state index is 0.316. The van der Waals surface area contributed by atoms with Gasteiger partial charge in [0.2, 0.25) is 5.91 Å². The van der Waals surface area contributed by atoms with Gasteiger partial charge >= 0.3 is 0 Å². The second-order valence-electron chi connectivity index (χ2n) is 4.53. The van der Waals surface area contributed by atoms with E-state index in [1.807, 2.05) is 0 Å². The van der Waals surface area contributed by atoms with E-state index in [1.54, 1.807) is 0 Å². The summed E-state index contributed by atoms with van der Waals surface area (Å²) in [6.45, 7) is 5.78. The molecule has 1 amide bonds. The Morgan fingerprint density at radius 3 is 2.53 bits per heavy atom. The maximum absolute atomic E-state index is 12.0. The number of carbonyl (C=O) groups excluding carboxylic acids is 1. The van der Waals surface area contributed by atoms with Crippen LogP contribution in [0.2, 0.25) is 0 Å². The van der Waals surface area contributed by atoms with E-state index >= 15 is 0 Å². The molecule has 0 spiro atoms. The van der Waals surface area contributed by atoms with E-state index in [2.05, 4.69) is 18.7 Å². The molecular weight excluding hydrogens is 188 g/mol. The number of nitrogens with zero attached hydrogens (tertiary/aromatic N) is 1. The van der Waals surface area contributed by atoms with Crippen molar-refractivity contribution in [2.75, 3.05) is 13.1 Å². The molecule has 88 valence electrons. The lowest BCUT2D eigenvalue weighted by Crippen LogP contribution is -2.35. The van der Waals surface area contributed by atoms with Crippen molar-refractivity contribution in [3.8, 4) is 0 Å². The molecular formula is C12H24N2O. The fourth-order valence-corrected chi connectivity index (χ4v) is 1.90. The maximum atomic E-state index is 12.0. The highest BCUT2D eigenvalue weighted by atomic mass is 16.2. The fraction of sp³-hybridized carbons (Fsp3) is 0.917. The molecule has 1 fully saturated rings. The molecule has 1 aliphatic carbocycles. The topological polar surface area (TPSA) is 46.3 Å². The summed E-state index contributed by atoms with van der Waals surface area (Å²) in [6.07, 6.45) is 5.11. The summed E-state index contributed by atoms with van der Waals surface area (Å²) < 4.78 is 0. The summed E-state index contributed by atoms with van der Waals surface area (Å²) in [5.74, 6) is 0.687. The average Bonchev–Trinajstić information content (AvgIpc) is 3.06. The standard InChI is InChI=1S/C12H24N2O/c1-3-7-14(11-5-6-11)12(15)8-10(4-2)9-13/h10-11H,3-9,13H2,1-2H3. The largest absolute Gasteiger partial charge is 0.340 e. The third kappa shape index (κ3) is 3.82. The zero-order chi connectivity index (χ0) is 11.3. The minimum Gasteiger partial charge on any atom is -0.340 e. The van der Waals surface area contributed by atoms with Crippen molar-refractivity contribution in [1.29, 1.82) is 0 Å². The molecule has 1 atom stereocenters. The zero-order valence-corrected chi connectivity index (χ0v) is 10.0. The lowest BCUT2D eigenvalue weighted by atomic mass is 10.0. The molecule has 0 aliphatic heterocycles. The van der Waals surface area contributed by atoms with Crippen LogP contribution in [0, 0.1) is 5.92 Å². The minimum atomic E-state index is 0.316. The van der Waals surface area contributed by atoms with Crippen LogP contribution in [-0.2, 0) is 4.79 Å². The Morgan fingerprint density at radius 2 is 2.13 bits per heavy atom. The van der Waals surface area contributed by atoms with Crippen LogP contribution in [-0.4, -0.2) is 29.9 Å². The van der Waals surface area contributed by atoms with Crippen LogP contribution in [0.25, 0.3) is 0 Å². The van der Waals surface area contributed by atoms with Gasteiger partial charge in [0.1, 0.15) is 0 Å². The van der Waals surface area contributed by atoms with Gasteiger partial charge in [0.15, 0.2) is 0 Å². The number of nitrogens with two attached hydrogens (primary N) is 1. The van der Waals surface area contributed by atoms with Crippen LogP contribution in [0.3, 0.4) is 0 Å².